The number of thiophene rings is 1. The van der Waals surface area contributed by atoms with Gasteiger partial charge in [0.1, 0.15) is 0 Å². The highest BCUT2D eigenvalue weighted by Crippen LogP contribution is 2.23. The van der Waals surface area contributed by atoms with E-state index < -0.39 is 0 Å². The first kappa shape index (κ1) is 19.6. The molecular formula is C22H23N3O2S. The number of para-hydroxylation sites is 1. The number of benzene rings is 2. The molecule has 6 heteroatoms. The van der Waals surface area contributed by atoms with Crippen molar-refractivity contribution in [2.24, 2.45) is 0 Å². The van der Waals surface area contributed by atoms with Crippen LogP contribution in [0.4, 0.5) is 15.5 Å². The van der Waals surface area contributed by atoms with Gasteiger partial charge in [0, 0.05) is 18.8 Å². The maximum atomic E-state index is 12.8. The lowest BCUT2D eigenvalue weighted by Gasteiger charge is -2.20. The van der Waals surface area contributed by atoms with Crippen molar-refractivity contribution in [2.45, 2.75) is 13.3 Å². The summed E-state index contributed by atoms with van der Waals surface area (Å²) in [5, 5.41) is 6.18. The molecule has 0 aliphatic rings. The van der Waals surface area contributed by atoms with E-state index in [1.54, 1.807) is 12.1 Å². The standard InChI is InChI=1S/C22H23N3O2S/c1-2-25(16-15-17-9-5-3-6-10-17)21(26)19-13-14-20(28-19)24-22(27)23-18-11-7-4-8-12-18/h3-14H,2,15-16H2,1H3,(H2,23,24,27). The van der Waals surface area contributed by atoms with Gasteiger partial charge in [-0.05, 0) is 43.2 Å². The summed E-state index contributed by atoms with van der Waals surface area (Å²) in [5.74, 6) is -0.0139. The minimum Gasteiger partial charge on any atom is -0.338 e. The molecule has 3 rings (SSSR count). The van der Waals surface area contributed by atoms with Gasteiger partial charge >= 0.3 is 6.03 Å². The van der Waals surface area contributed by atoms with Crippen LogP contribution in [0.15, 0.2) is 72.8 Å². The molecule has 3 aromatic rings. The number of carbonyl (C=O) groups excluding carboxylic acids is 2. The smallest absolute Gasteiger partial charge is 0.324 e. The molecule has 2 N–H and O–H groups in total. The summed E-state index contributed by atoms with van der Waals surface area (Å²) in [6.07, 6.45) is 0.816. The van der Waals surface area contributed by atoms with Gasteiger partial charge in [-0.3, -0.25) is 10.1 Å². The van der Waals surface area contributed by atoms with Crippen LogP contribution in [0.5, 0.6) is 0 Å². The second-order valence-electron chi connectivity index (χ2n) is 6.23. The van der Waals surface area contributed by atoms with Crippen LogP contribution in [0.3, 0.4) is 0 Å². The normalized spacial score (nSPS) is 10.3. The summed E-state index contributed by atoms with van der Waals surface area (Å²) >= 11 is 1.28. The molecule has 0 saturated heterocycles. The van der Waals surface area contributed by atoms with Gasteiger partial charge in [-0.25, -0.2) is 4.79 Å². The van der Waals surface area contributed by atoms with Crippen molar-refractivity contribution in [3.8, 4) is 0 Å². The Balaban J connectivity index is 1.56. The molecule has 0 spiro atoms. The van der Waals surface area contributed by atoms with Gasteiger partial charge in [-0.2, -0.15) is 0 Å². The molecule has 3 amide bonds. The first-order valence-corrected chi connectivity index (χ1v) is 10.0. The van der Waals surface area contributed by atoms with E-state index in [-0.39, 0.29) is 11.9 Å². The van der Waals surface area contributed by atoms with Gasteiger partial charge in [0.2, 0.25) is 0 Å². The fourth-order valence-electron chi connectivity index (χ4n) is 2.78. The summed E-state index contributed by atoms with van der Waals surface area (Å²) < 4.78 is 0. The predicted octanol–water partition coefficient (Wildman–Crippen LogP) is 5.10. The molecular weight excluding hydrogens is 370 g/mol. The van der Waals surface area contributed by atoms with E-state index in [1.807, 2.05) is 60.4 Å². The number of nitrogens with zero attached hydrogens (tertiary/aromatic N) is 1. The van der Waals surface area contributed by atoms with E-state index in [0.29, 0.717) is 28.7 Å². The molecule has 0 fully saturated rings. The third-order valence-electron chi connectivity index (χ3n) is 4.27. The first-order valence-electron chi connectivity index (χ1n) is 9.22. The third kappa shape index (κ3) is 5.44. The number of rotatable bonds is 7. The fraction of sp³-hybridized carbons (Fsp3) is 0.182. The number of hydrogen-bond acceptors (Lipinski definition) is 3. The lowest BCUT2D eigenvalue weighted by molar-refractivity contribution is 0.0771. The summed E-state index contributed by atoms with van der Waals surface area (Å²) in [7, 11) is 0. The zero-order valence-electron chi connectivity index (χ0n) is 15.7. The summed E-state index contributed by atoms with van der Waals surface area (Å²) in [5.41, 5.74) is 1.92. The van der Waals surface area contributed by atoms with Crippen LogP contribution in [0, 0.1) is 0 Å². The number of likely N-dealkylation sites (N-methyl/N-ethyl adjacent to an activating group) is 1. The number of amides is 3. The largest absolute Gasteiger partial charge is 0.338 e. The van der Waals surface area contributed by atoms with E-state index >= 15 is 0 Å². The van der Waals surface area contributed by atoms with Gasteiger partial charge < -0.3 is 10.2 Å². The van der Waals surface area contributed by atoms with E-state index in [4.69, 9.17) is 0 Å². The quantitative estimate of drug-likeness (QED) is 0.587. The number of urea groups is 1. The summed E-state index contributed by atoms with van der Waals surface area (Å²) in [4.78, 5) is 27.3. The second-order valence-corrected chi connectivity index (χ2v) is 7.31. The topological polar surface area (TPSA) is 61.4 Å². The van der Waals surface area contributed by atoms with Crippen LogP contribution in [0.1, 0.15) is 22.2 Å². The zero-order valence-corrected chi connectivity index (χ0v) is 16.5. The van der Waals surface area contributed by atoms with Gasteiger partial charge in [-0.15, -0.1) is 11.3 Å². The Labute approximate surface area is 169 Å². The highest BCUT2D eigenvalue weighted by atomic mass is 32.1. The highest BCUT2D eigenvalue weighted by molar-refractivity contribution is 7.18. The molecule has 0 aliphatic heterocycles. The van der Waals surface area contributed by atoms with Crippen molar-refractivity contribution >= 4 is 34.0 Å². The Kier molecular flexibility index (Phi) is 6.81. The average Bonchev–Trinajstić information content (AvgIpc) is 3.18. The van der Waals surface area contributed by atoms with Crippen LogP contribution >= 0.6 is 11.3 Å². The molecule has 144 valence electrons. The van der Waals surface area contributed by atoms with Crippen LogP contribution in [-0.4, -0.2) is 29.9 Å². The van der Waals surface area contributed by atoms with Crippen LogP contribution in [-0.2, 0) is 6.42 Å². The van der Waals surface area contributed by atoms with Crippen LogP contribution < -0.4 is 10.6 Å². The second kappa shape index (κ2) is 9.71. The SMILES string of the molecule is CCN(CCc1ccccc1)C(=O)c1ccc(NC(=O)Nc2ccccc2)s1. The molecule has 1 aromatic heterocycles. The van der Waals surface area contributed by atoms with Crippen molar-refractivity contribution in [1.29, 1.82) is 0 Å². The molecule has 0 atom stereocenters. The van der Waals surface area contributed by atoms with Crippen LogP contribution in [0.25, 0.3) is 0 Å². The minimum atomic E-state index is -0.330. The van der Waals surface area contributed by atoms with Crippen molar-refractivity contribution in [3.05, 3.63) is 83.2 Å². The van der Waals surface area contributed by atoms with Gasteiger partial charge in [0.05, 0.1) is 9.88 Å². The molecule has 0 aliphatic carbocycles. The Bertz CT molecular complexity index is 910. The van der Waals surface area contributed by atoms with Gasteiger partial charge in [-0.1, -0.05) is 48.5 Å². The van der Waals surface area contributed by atoms with Crippen molar-refractivity contribution in [2.75, 3.05) is 23.7 Å². The highest BCUT2D eigenvalue weighted by Gasteiger charge is 2.17. The summed E-state index contributed by atoms with van der Waals surface area (Å²) in [6.45, 7) is 3.28. The molecule has 0 radical (unpaired) electrons. The van der Waals surface area contributed by atoms with Crippen molar-refractivity contribution in [1.82, 2.24) is 4.90 Å². The first-order chi connectivity index (χ1) is 13.7. The summed E-state index contributed by atoms with van der Waals surface area (Å²) in [6, 6.07) is 22.5. The monoisotopic (exact) mass is 393 g/mol. The molecule has 0 unspecified atom stereocenters. The number of carbonyl (C=O) groups is 2. The Hall–Kier alpha value is -3.12. The van der Waals surface area contributed by atoms with E-state index in [2.05, 4.69) is 22.8 Å². The fourth-order valence-corrected chi connectivity index (χ4v) is 3.65. The minimum absolute atomic E-state index is 0.0139. The Morgan fingerprint density at radius 2 is 1.57 bits per heavy atom. The maximum Gasteiger partial charge on any atom is 0.324 e. The van der Waals surface area contributed by atoms with Crippen molar-refractivity contribution < 1.29 is 9.59 Å². The van der Waals surface area contributed by atoms with Gasteiger partial charge in [0.25, 0.3) is 5.91 Å². The third-order valence-corrected chi connectivity index (χ3v) is 5.26. The molecule has 28 heavy (non-hydrogen) atoms. The molecule has 1 heterocycles. The predicted molar refractivity (Wildman–Crippen MR) is 115 cm³/mol. The van der Waals surface area contributed by atoms with Crippen molar-refractivity contribution in [3.63, 3.8) is 0 Å². The lowest BCUT2D eigenvalue weighted by Crippen LogP contribution is -2.32. The van der Waals surface area contributed by atoms with Gasteiger partial charge in [0.15, 0.2) is 0 Å². The molecule has 5 nitrogen and oxygen atoms in total. The zero-order chi connectivity index (χ0) is 19.8. The number of hydrogen-bond donors (Lipinski definition) is 2. The Morgan fingerprint density at radius 3 is 2.25 bits per heavy atom. The van der Waals surface area contributed by atoms with Crippen LogP contribution in [0.2, 0.25) is 0 Å². The molecule has 2 aromatic carbocycles. The van der Waals surface area contributed by atoms with E-state index in [0.717, 1.165) is 6.42 Å². The number of nitrogens with one attached hydrogen (secondary N) is 2. The average molecular weight is 394 g/mol. The number of anilines is 2. The molecule has 0 bridgehead atoms. The Morgan fingerprint density at radius 1 is 0.893 bits per heavy atom. The lowest BCUT2D eigenvalue weighted by atomic mass is 10.1. The maximum absolute atomic E-state index is 12.8. The van der Waals surface area contributed by atoms with E-state index in [9.17, 15) is 9.59 Å². The van der Waals surface area contributed by atoms with E-state index in [1.165, 1.54) is 16.9 Å². The molecule has 0 saturated carbocycles.